The Morgan fingerprint density at radius 3 is 2.73 bits per heavy atom. The van der Waals surface area contributed by atoms with E-state index in [4.69, 9.17) is 7.85 Å². The summed E-state index contributed by atoms with van der Waals surface area (Å²) in [6, 6.07) is 0. The van der Waals surface area contributed by atoms with Crippen molar-refractivity contribution in [1.29, 1.82) is 0 Å². The summed E-state index contributed by atoms with van der Waals surface area (Å²) in [5.74, 6) is 2.00. The molecule has 0 nitrogen and oxygen atoms in total. The molecule has 2 radical (unpaired) electrons. The Bertz CT molecular complexity index is 151. The Hall–Kier alpha value is 0.0649. The summed E-state index contributed by atoms with van der Waals surface area (Å²) < 4.78 is 0. The van der Waals surface area contributed by atoms with E-state index in [1.807, 2.05) is 0 Å². The molecule has 2 rings (SSSR count). The summed E-state index contributed by atoms with van der Waals surface area (Å²) in [5, 5.41) is 0.167. The third kappa shape index (κ3) is 1.63. The fourth-order valence-corrected chi connectivity index (χ4v) is 2.92. The van der Waals surface area contributed by atoms with Crippen molar-refractivity contribution in [2.45, 2.75) is 50.8 Å². The van der Waals surface area contributed by atoms with Gasteiger partial charge in [0.1, 0.15) is 0 Å². The summed E-state index contributed by atoms with van der Waals surface area (Å²) in [6.07, 6.45) is 8.35. The number of hydrogen-bond donors (Lipinski definition) is 0. The fourth-order valence-electron chi connectivity index (χ4n) is 2.92. The lowest BCUT2D eigenvalue weighted by Crippen LogP contribution is -2.11. The summed E-state index contributed by atoms with van der Waals surface area (Å²) in [4.78, 5) is 0. The van der Waals surface area contributed by atoms with Gasteiger partial charge in [0.05, 0.1) is 7.85 Å². The average molecular weight is 148 g/mol. The van der Waals surface area contributed by atoms with E-state index in [1.165, 1.54) is 38.5 Å². The van der Waals surface area contributed by atoms with Crippen LogP contribution in [0.1, 0.15) is 45.4 Å². The monoisotopic (exact) mass is 148 g/mol. The second kappa shape index (κ2) is 2.53. The maximum atomic E-state index is 6.16. The highest BCUT2D eigenvalue weighted by molar-refractivity contribution is 6.14. The fraction of sp³-hybridized carbons (Fsp3) is 1.00. The first-order valence-electron chi connectivity index (χ1n) is 4.95. The van der Waals surface area contributed by atoms with Crippen LogP contribution >= 0.6 is 0 Å². The Kier molecular flexibility index (Phi) is 1.77. The highest BCUT2D eigenvalue weighted by Gasteiger charge is 2.33. The largest absolute Gasteiger partial charge is 0.0742 e. The van der Waals surface area contributed by atoms with Crippen molar-refractivity contribution >= 4 is 7.85 Å². The second-order valence-corrected chi connectivity index (χ2v) is 4.94. The van der Waals surface area contributed by atoms with Gasteiger partial charge >= 0.3 is 0 Å². The van der Waals surface area contributed by atoms with Crippen LogP contribution in [0.4, 0.5) is 0 Å². The van der Waals surface area contributed by atoms with Gasteiger partial charge in [0.15, 0.2) is 0 Å². The SMILES string of the molecule is [B]C1(C)CCC2CCC(C2)C1. The molecular formula is C10H17B. The van der Waals surface area contributed by atoms with Crippen LogP contribution in [-0.4, -0.2) is 7.85 Å². The van der Waals surface area contributed by atoms with E-state index < -0.39 is 0 Å². The van der Waals surface area contributed by atoms with E-state index in [0.717, 1.165) is 11.8 Å². The molecule has 0 aromatic heterocycles. The Balaban J connectivity index is 2.05. The highest BCUT2D eigenvalue weighted by Crippen LogP contribution is 2.49. The van der Waals surface area contributed by atoms with Gasteiger partial charge in [-0.3, -0.25) is 0 Å². The predicted molar refractivity (Wildman–Crippen MR) is 48.8 cm³/mol. The average Bonchev–Trinajstić information content (AvgIpc) is 2.24. The molecule has 0 aromatic carbocycles. The molecule has 0 amide bonds. The molecule has 0 saturated heterocycles. The maximum Gasteiger partial charge on any atom is 0.0742 e. The topological polar surface area (TPSA) is 0 Å². The molecule has 60 valence electrons. The molecule has 0 spiro atoms. The molecule has 11 heavy (non-hydrogen) atoms. The quantitative estimate of drug-likeness (QED) is 0.463. The molecule has 2 bridgehead atoms. The van der Waals surface area contributed by atoms with Gasteiger partial charge in [0, 0.05) is 0 Å². The van der Waals surface area contributed by atoms with Crippen LogP contribution in [0.3, 0.4) is 0 Å². The number of hydrogen-bond acceptors (Lipinski definition) is 0. The van der Waals surface area contributed by atoms with E-state index in [0.29, 0.717) is 0 Å². The third-order valence-electron chi connectivity index (χ3n) is 3.53. The third-order valence-corrected chi connectivity index (χ3v) is 3.53. The van der Waals surface area contributed by atoms with Crippen molar-refractivity contribution in [3.63, 3.8) is 0 Å². The molecular weight excluding hydrogens is 131 g/mol. The van der Waals surface area contributed by atoms with Crippen molar-refractivity contribution in [2.75, 3.05) is 0 Å². The van der Waals surface area contributed by atoms with Gasteiger partial charge in [-0.25, -0.2) is 0 Å². The molecule has 3 atom stereocenters. The van der Waals surface area contributed by atoms with Gasteiger partial charge in [-0.2, -0.15) is 0 Å². The Morgan fingerprint density at radius 1 is 1.18 bits per heavy atom. The Morgan fingerprint density at radius 2 is 1.91 bits per heavy atom. The lowest BCUT2D eigenvalue weighted by molar-refractivity contribution is 0.404. The summed E-state index contributed by atoms with van der Waals surface area (Å²) >= 11 is 0. The van der Waals surface area contributed by atoms with Crippen molar-refractivity contribution in [2.24, 2.45) is 11.8 Å². The standard InChI is InChI=1S/C10H17B/c1-10(11)5-4-8-2-3-9(6-8)7-10/h8-9H,2-7H2,1H3. The van der Waals surface area contributed by atoms with Crippen LogP contribution in [0.15, 0.2) is 0 Å². The van der Waals surface area contributed by atoms with Gasteiger partial charge < -0.3 is 0 Å². The van der Waals surface area contributed by atoms with Crippen LogP contribution in [0.25, 0.3) is 0 Å². The lowest BCUT2D eigenvalue weighted by Gasteiger charge is -2.27. The molecule has 2 aliphatic rings. The van der Waals surface area contributed by atoms with Gasteiger partial charge in [-0.05, 0) is 18.3 Å². The van der Waals surface area contributed by atoms with Crippen LogP contribution in [0, 0.1) is 11.8 Å². The van der Waals surface area contributed by atoms with Crippen molar-refractivity contribution in [3.05, 3.63) is 0 Å². The van der Waals surface area contributed by atoms with E-state index in [1.54, 1.807) is 0 Å². The minimum absolute atomic E-state index is 0.167. The molecule has 2 fully saturated rings. The molecule has 2 saturated carbocycles. The molecule has 0 N–H and O–H groups in total. The van der Waals surface area contributed by atoms with Crippen molar-refractivity contribution in [1.82, 2.24) is 0 Å². The van der Waals surface area contributed by atoms with Gasteiger partial charge in [0.25, 0.3) is 0 Å². The summed E-state index contributed by atoms with van der Waals surface area (Å²) in [6.45, 7) is 2.23. The van der Waals surface area contributed by atoms with Gasteiger partial charge in [-0.15, -0.1) is 0 Å². The van der Waals surface area contributed by atoms with Crippen molar-refractivity contribution in [3.8, 4) is 0 Å². The number of fused-ring (bicyclic) bond motifs is 2. The van der Waals surface area contributed by atoms with E-state index in [-0.39, 0.29) is 5.31 Å². The molecule has 1 heteroatoms. The molecule has 0 aliphatic heterocycles. The van der Waals surface area contributed by atoms with Crippen LogP contribution in [0.5, 0.6) is 0 Å². The smallest absolute Gasteiger partial charge is 0.0686 e. The number of rotatable bonds is 0. The first kappa shape index (κ1) is 7.70. The Labute approximate surface area is 71.2 Å². The van der Waals surface area contributed by atoms with Crippen LogP contribution in [-0.2, 0) is 0 Å². The molecule has 3 unspecified atom stereocenters. The van der Waals surface area contributed by atoms with Crippen LogP contribution < -0.4 is 0 Å². The van der Waals surface area contributed by atoms with E-state index >= 15 is 0 Å². The first-order valence-corrected chi connectivity index (χ1v) is 4.95. The molecule has 2 aliphatic carbocycles. The second-order valence-electron chi connectivity index (χ2n) is 4.94. The normalized spacial score (nSPS) is 50.6. The lowest BCUT2D eigenvalue weighted by atomic mass is 9.63. The zero-order valence-corrected chi connectivity index (χ0v) is 7.47. The minimum Gasteiger partial charge on any atom is -0.0686 e. The van der Waals surface area contributed by atoms with Gasteiger partial charge in [-0.1, -0.05) is 44.3 Å². The zero-order chi connectivity index (χ0) is 7.90. The summed E-state index contributed by atoms with van der Waals surface area (Å²) in [7, 11) is 6.16. The molecule has 0 heterocycles. The van der Waals surface area contributed by atoms with E-state index in [2.05, 4.69) is 6.92 Å². The highest BCUT2D eigenvalue weighted by atomic mass is 14.4. The minimum atomic E-state index is 0.167. The first-order chi connectivity index (χ1) is 5.16. The van der Waals surface area contributed by atoms with Gasteiger partial charge in [0.2, 0.25) is 0 Å². The zero-order valence-electron chi connectivity index (χ0n) is 7.47. The molecule has 0 aromatic rings. The van der Waals surface area contributed by atoms with Crippen LogP contribution in [0.2, 0.25) is 5.31 Å². The predicted octanol–water partition coefficient (Wildman–Crippen LogP) is 2.93. The summed E-state index contributed by atoms with van der Waals surface area (Å²) in [5.41, 5.74) is 0. The van der Waals surface area contributed by atoms with E-state index in [9.17, 15) is 0 Å². The van der Waals surface area contributed by atoms with Crippen molar-refractivity contribution < 1.29 is 0 Å². The maximum absolute atomic E-state index is 6.16.